The van der Waals surface area contributed by atoms with Crippen LogP contribution in [0.1, 0.15) is 13.8 Å². The van der Waals surface area contributed by atoms with E-state index < -0.39 is 18.4 Å². The van der Waals surface area contributed by atoms with Crippen molar-refractivity contribution in [1.82, 2.24) is 0 Å². The van der Waals surface area contributed by atoms with Gasteiger partial charge in [-0.3, -0.25) is 0 Å². The van der Waals surface area contributed by atoms with Gasteiger partial charge < -0.3 is 0 Å². The summed E-state index contributed by atoms with van der Waals surface area (Å²) in [7, 11) is 0. The summed E-state index contributed by atoms with van der Waals surface area (Å²) in [5.41, 5.74) is 0. The van der Waals surface area contributed by atoms with E-state index in [0.717, 1.165) is 0 Å². The van der Waals surface area contributed by atoms with Gasteiger partial charge in [0.2, 0.25) is 0 Å². The van der Waals surface area contributed by atoms with Crippen molar-refractivity contribution in [3.8, 4) is 0 Å². The predicted molar refractivity (Wildman–Crippen MR) is 87.2 cm³/mol. The summed E-state index contributed by atoms with van der Waals surface area (Å²) in [4.78, 5) is 10.4. The van der Waals surface area contributed by atoms with Crippen LogP contribution in [0, 0.1) is 0 Å². The Morgan fingerprint density at radius 1 is 0.875 bits per heavy atom. The topological polar surface area (TPSA) is 0 Å². The summed E-state index contributed by atoms with van der Waals surface area (Å²) in [6.07, 6.45) is 0. The minimum absolute atomic E-state index is 1.47. The molecule has 88 valence electrons. The Labute approximate surface area is 119 Å². The fourth-order valence-corrected chi connectivity index (χ4v) is 14.3. The first-order valence-electron chi connectivity index (χ1n) is 5.20. The van der Waals surface area contributed by atoms with Crippen molar-refractivity contribution in [2.45, 2.75) is 28.7 Å². The van der Waals surface area contributed by atoms with Crippen LogP contribution >= 0.6 is 47.0 Å². The SMILES string of the molecule is CC1=C(C)SC(=C2SC=[C]([Sn]([CH3])([CH3])[CH3])S2)S1. The minimum atomic E-state index is -1.83. The molecule has 0 unspecified atom stereocenters. The maximum atomic E-state index is 2.49. The third-order valence-corrected chi connectivity index (χ3v) is 17.9. The van der Waals surface area contributed by atoms with E-state index in [1.54, 1.807) is 2.92 Å². The Kier molecular flexibility index (Phi) is 4.49. The third kappa shape index (κ3) is 3.05. The Bertz CT molecular complexity index is 396. The average molecular weight is 395 g/mol. The molecule has 0 amide bonds. The number of thioether (sulfide) groups is 4. The molecule has 0 N–H and O–H groups in total. The molecule has 5 heteroatoms. The van der Waals surface area contributed by atoms with Gasteiger partial charge in [-0.15, -0.1) is 0 Å². The Morgan fingerprint density at radius 3 is 1.88 bits per heavy atom. The molecule has 0 radical (unpaired) electrons. The summed E-state index contributed by atoms with van der Waals surface area (Å²) < 4.78 is 4.73. The number of rotatable bonds is 1. The molecule has 2 aliphatic rings. The molecule has 2 heterocycles. The molecule has 0 fully saturated rings. The predicted octanol–water partition coefficient (Wildman–Crippen LogP) is 6.04. The van der Waals surface area contributed by atoms with Crippen LogP contribution in [0.2, 0.25) is 14.8 Å². The van der Waals surface area contributed by atoms with Gasteiger partial charge in [-0.25, -0.2) is 0 Å². The molecular formula is C11H16S4Sn. The van der Waals surface area contributed by atoms with Crippen molar-refractivity contribution in [3.63, 3.8) is 0 Å². The van der Waals surface area contributed by atoms with Gasteiger partial charge in [0.25, 0.3) is 0 Å². The second kappa shape index (κ2) is 5.19. The van der Waals surface area contributed by atoms with Crippen molar-refractivity contribution >= 4 is 65.4 Å². The Morgan fingerprint density at radius 2 is 1.44 bits per heavy atom. The van der Waals surface area contributed by atoms with E-state index in [1.807, 2.05) is 47.0 Å². The molecule has 0 aromatic carbocycles. The molecule has 16 heavy (non-hydrogen) atoms. The molecule has 0 atom stereocenters. The van der Waals surface area contributed by atoms with Crippen LogP contribution in [-0.2, 0) is 0 Å². The number of hydrogen-bond acceptors (Lipinski definition) is 4. The van der Waals surface area contributed by atoms with E-state index in [1.165, 1.54) is 18.3 Å². The van der Waals surface area contributed by atoms with Gasteiger partial charge in [0.1, 0.15) is 0 Å². The van der Waals surface area contributed by atoms with Gasteiger partial charge in [0, 0.05) is 0 Å². The van der Waals surface area contributed by atoms with Gasteiger partial charge in [-0.05, 0) is 0 Å². The molecule has 0 nitrogen and oxygen atoms in total. The first-order valence-corrected chi connectivity index (χ1v) is 18.5. The number of allylic oxidation sites excluding steroid dienone is 2. The van der Waals surface area contributed by atoms with Crippen molar-refractivity contribution in [2.75, 3.05) is 0 Å². The van der Waals surface area contributed by atoms with Gasteiger partial charge in [-0.1, -0.05) is 0 Å². The van der Waals surface area contributed by atoms with Crippen LogP contribution in [0.25, 0.3) is 0 Å². The standard InChI is InChI=1S/C8H7S4.3CH3.Sn/c1-5-6(2)12-8(11-5)7-9-3-4-10-7;;;;/h3H,1-2H3;3*1H3;. The second-order valence-corrected chi connectivity index (χ2v) is 25.2. The molecule has 0 saturated heterocycles. The van der Waals surface area contributed by atoms with Crippen molar-refractivity contribution in [2.24, 2.45) is 0 Å². The summed E-state index contributed by atoms with van der Waals surface area (Å²) in [6, 6.07) is 0. The zero-order valence-electron chi connectivity index (χ0n) is 10.2. The zero-order chi connectivity index (χ0) is 11.9. The van der Waals surface area contributed by atoms with Crippen LogP contribution in [0.5, 0.6) is 0 Å². The summed E-state index contributed by atoms with van der Waals surface area (Å²) in [5.74, 6) is 0. The van der Waals surface area contributed by atoms with Crippen molar-refractivity contribution in [3.05, 3.63) is 26.6 Å². The van der Waals surface area contributed by atoms with Crippen LogP contribution in [0.15, 0.2) is 26.6 Å². The van der Waals surface area contributed by atoms with Crippen molar-refractivity contribution < 1.29 is 0 Å². The average Bonchev–Trinajstić information content (AvgIpc) is 2.73. The molecule has 0 bridgehead atoms. The van der Waals surface area contributed by atoms with E-state index in [9.17, 15) is 0 Å². The normalized spacial score (nSPS) is 22.2. The fourth-order valence-electron chi connectivity index (χ4n) is 1.20. The maximum absolute atomic E-state index is 2.49. The summed E-state index contributed by atoms with van der Waals surface area (Å²) in [5, 5.41) is 2.41. The molecule has 2 aliphatic heterocycles. The van der Waals surface area contributed by atoms with E-state index >= 15 is 0 Å². The fraction of sp³-hybridized carbons (Fsp3) is 0.455. The van der Waals surface area contributed by atoms with Crippen LogP contribution in [0.4, 0.5) is 0 Å². The number of hydrogen-bond donors (Lipinski definition) is 0. The quantitative estimate of drug-likeness (QED) is 0.496. The summed E-state index contributed by atoms with van der Waals surface area (Å²) in [6.45, 7) is 4.45. The molecule has 0 spiro atoms. The molecule has 0 aromatic heterocycles. The first kappa shape index (κ1) is 13.8. The Balaban J connectivity index is 2.11. The van der Waals surface area contributed by atoms with Crippen LogP contribution in [0.3, 0.4) is 0 Å². The molecule has 2 rings (SSSR count). The van der Waals surface area contributed by atoms with E-state index in [4.69, 9.17) is 0 Å². The molecule has 0 saturated carbocycles. The van der Waals surface area contributed by atoms with E-state index in [-0.39, 0.29) is 0 Å². The second-order valence-electron chi connectivity index (χ2n) is 4.84. The van der Waals surface area contributed by atoms with Crippen LogP contribution in [-0.4, -0.2) is 18.4 Å². The molecular weight excluding hydrogens is 379 g/mol. The van der Waals surface area contributed by atoms with E-state index in [0.29, 0.717) is 0 Å². The molecule has 0 aromatic rings. The third-order valence-electron chi connectivity index (χ3n) is 2.37. The monoisotopic (exact) mass is 396 g/mol. The Hall–Kier alpha value is 1.42. The first-order chi connectivity index (χ1) is 7.38. The van der Waals surface area contributed by atoms with Crippen molar-refractivity contribution in [1.29, 1.82) is 0 Å². The van der Waals surface area contributed by atoms with Gasteiger partial charge in [-0.2, -0.15) is 0 Å². The summed E-state index contributed by atoms with van der Waals surface area (Å²) >= 11 is 6.07. The van der Waals surface area contributed by atoms with Gasteiger partial charge in [0.05, 0.1) is 0 Å². The van der Waals surface area contributed by atoms with Gasteiger partial charge in [0.15, 0.2) is 0 Å². The van der Waals surface area contributed by atoms with Crippen LogP contribution < -0.4 is 0 Å². The molecule has 0 aliphatic carbocycles. The van der Waals surface area contributed by atoms with Gasteiger partial charge >= 0.3 is 121 Å². The van der Waals surface area contributed by atoms with E-state index in [2.05, 4.69) is 34.1 Å². The zero-order valence-corrected chi connectivity index (χ0v) is 16.3.